The highest BCUT2D eigenvalue weighted by atomic mass is 16.3. The lowest BCUT2D eigenvalue weighted by atomic mass is 9.85. The second-order valence-electron chi connectivity index (χ2n) is 4.38. The zero-order valence-corrected chi connectivity index (χ0v) is 10.3. The molecule has 3 atom stereocenters. The first-order valence-electron chi connectivity index (χ1n) is 6.06. The molecule has 0 spiro atoms. The number of hydrogen-bond donors (Lipinski definition) is 1. The van der Waals surface area contributed by atoms with Crippen molar-refractivity contribution < 1.29 is 5.11 Å². The quantitative estimate of drug-likeness (QED) is 0.721. The fraction of sp³-hybridized carbons (Fsp3) is 0.467. The van der Waals surface area contributed by atoms with Gasteiger partial charge < -0.3 is 5.11 Å². The molecule has 0 heterocycles. The minimum Gasteiger partial charge on any atom is -0.392 e. The van der Waals surface area contributed by atoms with E-state index in [9.17, 15) is 5.11 Å². The van der Waals surface area contributed by atoms with Gasteiger partial charge in [0, 0.05) is 11.8 Å². The molecule has 1 aromatic rings. The molecule has 1 aromatic carbocycles. The molecule has 1 rings (SSSR count). The van der Waals surface area contributed by atoms with Crippen LogP contribution in [0, 0.1) is 5.92 Å². The van der Waals surface area contributed by atoms with Crippen molar-refractivity contribution in [1.29, 1.82) is 0 Å². The third kappa shape index (κ3) is 3.21. The molecule has 0 saturated carbocycles. The van der Waals surface area contributed by atoms with Gasteiger partial charge in [0.15, 0.2) is 0 Å². The molecule has 16 heavy (non-hydrogen) atoms. The maximum atomic E-state index is 10.3. The van der Waals surface area contributed by atoms with Gasteiger partial charge in [-0.05, 0) is 12.0 Å². The Hall–Kier alpha value is -1.08. The number of hydrogen-bond acceptors (Lipinski definition) is 1. The molecule has 1 heteroatoms. The number of rotatable bonds is 6. The maximum absolute atomic E-state index is 10.3. The Morgan fingerprint density at radius 3 is 2.44 bits per heavy atom. The summed E-state index contributed by atoms with van der Waals surface area (Å²) in [6, 6.07) is 10.2. The van der Waals surface area contributed by atoms with E-state index in [4.69, 9.17) is 0 Å². The Morgan fingerprint density at radius 1 is 1.31 bits per heavy atom. The van der Waals surface area contributed by atoms with E-state index in [2.05, 4.69) is 32.6 Å². The first-order valence-corrected chi connectivity index (χ1v) is 6.06. The summed E-state index contributed by atoms with van der Waals surface area (Å²) >= 11 is 0. The summed E-state index contributed by atoms with van der Waals surface area (Å²) < 4.78 is 0. The van der Waals surface area contributed by atoms with Crippen molar-refractivity contribution in [1.82, 2.24) is 0 Å². The predicted molar refractivity (Wildman–Crippen MR) is 69.5 cm³/mol. The second-order valence-corrected chi connectivity index (χ2v) is 4.38. The average Bonchev–Trinajstić information content (AvgIpc) is 2.35. The molecule has 88 valence electrons. The maximum Gasteiger partial charge on any atom is 0.0668 e. The zero-order chi connectivity index (χ0) is 12.0. The van der Waals surface area contributed by atoms with Crippen molar-refractivity contribution in [2.45, 2.75) is 38.7 Å². The van der Waals surface area contributed by atoms with Crippen LogP contribution in [-0.2, 0) is 0 Å². The smallest absolute Gasteiger partial charge is 0.0668 e. The van der Waals surface area contributed by atoms with Crippen molar-refractivity contribution in [3.8, 4) is 0 Å². The van der Waals surface area contributed by atoms with Crippen LogP contribution >= 0.6 is 0 Å². The standard InChI is InChI=1S/C15H22O/c1-4-9-13(5-2)15(16)12(3)14-10-7-6-8-11-14/h5-8,10-13,15-16H,2,4,9H2,1,3H3/t12-,13?,15+/m0/s1. The largest absolute Gasteiger partial charge is 0.392 e. The van der Waals surface area contributed by atoms with Crippen molar-refractivity contribution >= 4 is 0 Å². The van der Waals surface area contributed by atoms with Gasteiger partial charge in [-0.2, -0.15) is 0 Å². The highest BCUT2D eigenvalue weighted by Crippen LogP contribution is 2.26. The summed E-state index contributed by atoms with van der Waals surface area (Å²) in [5.41, 5.74) is 1.19. The van der Waals surface area contributed by atoms with E-state index in [0.717, 1.165) is 12.8 Å². The molecule has 0 bridgehead atoms. The lowest BCUT2D eigenvalue weighted by molar-refractivity contribution is 0.102. The molecule has 1 nitrogen and oxygen atoms in total. The zero-order valence-electron chi connectivity index (χ0n) is 10.3. The second kappa shape index (κ2) is 6.49. The van der Waals surface area contributed by atoms with Crippen molar-refractivity contribution in [3.63, 3.8) is 0 Å². The lowest BCUT2D eigenvalue weighted by Gasteiger charge is -2.25. The molecule has 1 N–H and O–H groups in total. The van der Waals surface area contributed by atoms with Crippen LogP contribution in [0.15, 0.2) is 43.0 Å². The van der Waals surface area contributed by atoms with Crippen LogP contribution < -0.4 is 0 Å². The number of aliphatic hydroxyl groups excluding tert-OH is 1. The Bertz CT molecular complexity index is 304. The minimum absolute atomic E-state index is 0.163. The van der Waals surface area contributed by atoms with E-state index < -0.39 is 0 Å². The first-order chi connectivity index (χ1) is 7.70. The molecule has 0 amide bonds. The molecule has 1 unspecified atom stereocenters. The van der Waals surface area contributed by atoms with E-state index in [1.165, 1.54) is 5.56 Å². The first kappa shape index (κ1) is 13.0. The summed E-state index contributed by atoms with van der Waals surface area (Å²) in [6.45, 7) is 8.03. The van der Waals surface area contributed by atoms with Gasteiger partial charge >= 0.3 is 0 Å². The van der Waals surface area contributed by atoms with E-state index in [-0.39, 0.29) is 17.9 Å². The molecule has 0 saturated heterocycles. The van der Waals surface area contributed by atoms with Crippen LogP contribution in [0.25, 0.3) is 0 Å². The normalized spacial score (nSPS) is 16.4. The van der Waals surface area contributed by atoms with E-state index >= 15 is 0 Å². The topological polar surface area (TPSA) is 20.2 Å². The summed E-state index contributed by atoms with van der Waals surface area (Å²) in [4.78, 5) is 0. The van der Waals surface area contributed by atoms with Crippen LogP contribution in [0.5, 0.6) is 0 Å². The molecule has 0 radical (unpaired) electrons. The molecule has 0 aromatic heterocycles. The van der Waals surface area contributed by atoms with Gasteiger partial charge in [-0.1, -0.05) is 56.7 Å². The summed E-state index contributed by atoms with van der Waals surface area (Å²) in [7, 11) is 0. The SMILES string of the molecule is C=CC(CCC)[C@H](O)[C@@H](C)c1ccccc1. The molecule has 0 fully saturated rings. The Kier molecular flexibility index (Phi) is 5.27. The van der Waals surface area contributed by atoms with Gasteiger partial charge in [0.25, 0.3) is 0 Å². The van der Waals surface area contributed by atoms with Crippen molar-refractivity contribution in [2.24, 2.45) is 5.92 Å². The Balaban J connectivity index is 2.72. The molecule has 0 aliphatic carbocycles. The Morgan fingerprint density at radius 2 is 1.94 bits per heavy atom. The molecule has 0 aliphatic heterocycles. The lowest BCUT2D eigenvalue weighted by Crippen LogP contribution is -2.24. The van der Waals surface area contributed by atoms with Crippen molar-refractivity contribution in [2.75, 3.05) is 0 Å². The molecular weight excluding hydrogens is 196 g/mol. The van der Waals surface area contributed by atoms with Gasteiger partial charge in [-0.25, -0.2) is 0 Å². The Labute approximate surface area is 98.8 Å². The van der Waals surface area contributed by atoms with Gasteiger partial charge in [-0.15, -0.1) is 6.58 Å². The summed E-state index contributed by atoms with van der Waals surface area (Å²) in [5.74, 6) is 0.357. The van der Waals surface area contributed by atoms with Crippen LogP contribution in [0.3, 0.4) is 0 Å². The third-order valence-corrected chi connectivity index (χ3v) is 3.20. The fourth-order valence-electron chi connectivity index (χ4n) is 2.09. The van der Waals surface area contributed by atoms with Gasteiger partial charge in [0.1, 0.15) is 0 Å². The molecular formula is C15H22O. The van der Waals surface area contributed by atoms with Crippen LogP contribution in [-0.4, -0.2) is 11.2 Å². The van der Waals surface area contributed by atoms with Gasteiger partial charge in [0.05, 0.1) is 6.10 Å². The fourth-order valence-corrected chi connectivity index (χ4v) is 2.09. The number of benzene rings is 1. The predicted octanol–water partition coefficient (Wildman–Crippen LogP) is 3.75. The van der Waals surface area contributed by atoms with Crippen LogP contribution in [0.1, 0.15) is 38.2 Å². The summed E-state index contributed by atoms with van der Waals surface area (Å²) in [6.07, 6.45) is 3.63. The van der Waals surface area contributed by atoms with Crippen LogP contribution in [0.2, 0.25) is 0 Å². The van der Waals surface area contributed by atoms with E-state index in [0.29, 0.717) is 0 Å². The van der Waals surface area contributed by atoms with Crippen LogP contribution in [0.4, 0.5) is 0 Å². The molecule has 0 aliphatic rings. The van der Waals surface area contributed by atoms with E-state index in [1.807, 2.05) is 24.3 Å². The van der Waals surface area contributed by atoms with Crippen molar-refractivity contribution in [3.05, 3.63) is 48.6 Å². The van der Waals surface area contributed by atoms with Gasteiger partial charge in [0.2, 0.25) is 0 Å². The summed E-state index contributed by atoms with van der Waals surface area (Å²) in [5, 5.41) is 10.3. The highest BCUT2D eigenvalue weighted by Gasteiger charge is 2.22. The monoisotopic (exact) mass is 218 g/mol. The van der Waals surface area contributed by atoms with E-state index in [1.54, 1.807) is 0 Å². The highest BCUT2D eigenvalue weighted by molar-refractivity contribution is 5.20. The number of aliphatic hydroxyl groups is 1. The third-order valence-electron chi connectivity index (χ3n) is 3.20. The van der Waals surface area contributed by atoms with Gasteiger partial charge in [-0.3, -0.25) is 0 Å². The minimum atomic E-state index is -0.333. The average molecular weight is 218 g/mol.